The molecule has 1 unspecified atom stereocenters. The van der Waals surface area contributed by atoms with E-state index in [4.69, 9.17) is 0 Å². The van der Waals surface area contributed by atoms with Crippen LogP contribution in [0.1, 0.15) is 22.5 Å². The number of carbonyl (C=O) groups is 1. The first kappa shape index (κ1) is 21.9. The van der Waals surface area contributed by atoms with E-state index in [0.29, 0.717) is 6.04 Å². The number of hydrogen-bond acceptors (Lipinski definition) is 6. The molecule has 2 aromatic heterocycles. The van der Waals surface area contributed by atoms with E-state index in [0.717, 1.165) is 51.2 Å². The number of para-hydroxylation sites is 1. The number of nitrogens with one attached hydrogen (secondary N) is 2. The van der Waals surface area contributed by atoms with Crippen LogP contribution in [0.2, 0.25) is 0 Å². The lowest BCUT2D eigenvalue weighted by atomic mass is 10.2. The third-order valence-electron chi connectivity index (χ3n) is 4.40. The first-order valence-corrected chi connectivity index (χ1v) is 10.1. The van der Waals surface area contributed by atoms with Gasteiger partial charge < -0.3 is 15.5 Å². The fraction of sp³-hybridized carbons (Fsp3) is 0.333. The standard InChI is InChI=1S/C18H20N4OS2.2ClH/c1-19-11-13-8-5-9-22(13)17(23)15-10-14-16(24-15)21-18(25-14)20-12-6-3-2-4-7-12;;/h2-4,6-7,10,13,19H,5,8-9,11H2,1H3,(H,20,21);2*1H. The predicted octanol–water partition coefficient (Wildman–Crippen LogP) is 4.77. The van der Waals surface area contributed by atoms with Gasteiger partial charge in [0.2, 0.25) is 0 Å². The average molecular weight is 445 g/mol. The maximum Gasteiger partial charge on any atom is 0.264 e. The van der Waals surface area contributed by atoms with Crippen LogP contribution in [0.15, 0.2) is 36.4 Å². The summed E-state index contributed by atoms with van der Waals surface area (Å²) in [6.45, 7) is 1.71. The second-order valence-corrected chi connectivity index (χ2v) is 8.20. The van der Waals surface area contributed by atoms with Crippen LogP contribution in [-0.2, 0) is 0 Å². The summed E-state index contributed by atoms with van der Waals surface area (Å²) in [5, 5.41) is 7.37. The lowest BCUT2D eigenvalue weighted by Gasteiger charge is -2.23. The van der Waals surface area contributed by atoms with Crippen LogP contribution in [-0.4, -0.2) is 42.0 Å². The normalized spacial score (nSPS) is 16.0. The first-order chi connectivity index (χ1) is 12.2. The van der Waals surface area contributed by atoms with Gasteiger partial charge in [0.25, 0.3) is 5.91 Å². The number of nitrogens with zero attached hydrogens (tertiary/aromatic N) is 2. The van der Waals surface area contributed by atoms with E-state index in [9.17, 15) is 4.79 Å². The molecule has 1 aliphatic heterocycles. The van der Waals surface area contributed by atoms with Crippen molar-refractivity contribution in [2.45, 2.75) is 18.9 Å². The molecule has 9 heteroatoms. The van der Waals surface area contributed by atoms with Crippen molar-refractivity contribution in [1.82, 2.24) is 15.2 Å². The molecule has 5 nitrogen and oxygen atoms in total. The van der Waals surface area contributed by atoms with Gasteiger partial charge in [0, 0.05) is 24.8 Å². The van der Waals surface area contributed by atoms with Crippen molar-refractivity contribution in [1.29, 1.82) is 0 Å². The molecule has 0 bridgehead atoms. The Morgan fingerprint density at radius 2 is 2.04 bits per heavy atom. The van der Waals surface area contributed by atoms with Crippen LogP contribution in [0.5, 0.6) is 0 Å². The van der Waals surface area contributed by atoms with Crippen LogP contribution >= 0.6 is 47.5 Å². The Labute approximate surface area is 179 Å². The van der Waals surface area contributed by atoms with E-state index in [1.54, 1.807) is 11.3 Å². The molecule has 27 heavy (non-hydrogen) atoms. The van der Waals surface area contributed by atoms with Crippen LogP contribution in [0.4, 0.5) is 10.8 Å². The summed E-state index contributed by atoms with van der Waals surface area (Å²) in [4.78, 5) is 21.2. The van der Waals surface area contributed by atoms with Gasteiger partial charge in [0.15, 0.2) is 5.13 Å². The van der Waals surface area contributed by atoms with Gasteiger partial charge in [-0.3, -0.25) is 4.79 Å². The molecule has 2 N–H and O–H groups in total. The zero-order chi connectivity index (χ0) is 17.2. The minimum atomic E-state index is 0. The molecule has 4 rings (SSSR count). The second kappa shape index (κ2) is 9.71. The summed E-state index contributed by atoms with van der Waals surface area (Å²) in [7, 11) is 1.94. The number of amides is 1. The highest BCUT2D eigenvalue weighted by Gasteiger charge is 2.30. The minimum absolute atomic E-state index is 0. The maximum atomic E-state index is 12.8. The average Bonchev–Trinajstić information content (AvgIpc) is 3.30. The Balaban J connectivity index is 0.00000131. The van der Waals surface area contributed by atoms with Crippen LogP contribution < -0.4 is 10.6 Å². The number of thiazole rings is 1. The van der Waals surface area contributed by atoms with E-state index in [-0.39, 0.29) is 30.7 Å². The van der Waals surface area contributed by atoms with Gasteiger partial charge in [0.05, 0.1) is 9.58 Å². The first-order valence-electron chi connectivity index (χ1n) is 8.42. The lowest BCUT2D eigenvalue weighted by Crippen LogP contribution is -2.40. The van der Waals surface area contributed by atoms with Crippen molar-refractivity contribution in [3.05, 3.63) is 41.3 Å². The third-order valence-corrected chi connectivity index (χ3v) is 6.47. The van der Waals surface area contributed by atoms with Gasteiger partial charge in [-0.1, -0.05) is 29.5 Å². The quantitative estimate of drug-likeness (QED) is 0.594. The monoisotopic (exact) mass is 444 g/mol. The van der Waals surface area contributed by atoms with Crippen molar-refractivity contribution < 1.29 is 4.79 Å². The number of thiophene rings is 1. The lowest BCUT2D eigenvalue weighted by molar-refractivity contribution is 0.0742. The van der Waals surface area contributed by atoms with Gasteiger partial charge in [-0.05, 0) is 38.1 Å². The van der Waals surface area contributed by atoms with Crippen molar-refractivity contribution >= 4 is 73.7 Å². The number of fused-ring (bicyclic) bond motifs is 1. The van der Waals surface area contributed by atoms with Crippen LogP contribution in [0, 0.1) is 0 Å². The van der Waals surface area contributed by atoms with Crippen molar-refractivity contribution in [3.63, 3.8) is 0 Å². The molecule has 0 radical (unpaired) electrons. The van der Waals surface area contributed by atoms with Gasteiger partial charge >= 0.3 is 0 Å². The third kappa shape index (κ3) is 4.73. The Morgan fingerprint density at radius 3 is 2.74 bits per heavy atom. The Morgan fingerprint density at radius 1 is 1.26 bits per heavy atom. The Kier molecular flexibility index (Phi) is 7.88. The highest BCUT2D eigenvalue weighted by atomic mass is 35.5. The molecule has 1 saturated heterocycles. The molecule has 1 amide bonds. The van der Waals surface area contributed by atoms with Crippen molar-refractivity contribution in [2.75, 3.05) is 25.5 Å². The molecule has 1 aromatic carbocycles. The van der Waals surface area contributed by atoms with E-state index in [1.165, 1.54) is 11.3 Å². The predicted molar refractivity (Wildman–Crippen MR) is 120 cm³/mol. The SMILES string of the molecule is CNCC1CCCN1C(=O)c1cc2sc(Nc3ccccc3)nc2s1.Cl.Cl. The molecule has 1 aliphatic rings. The minimum Gasteiger partial charge on any atom is -0.334 e. The number of carbonyl (C=O) groups excluding carboxylic acids is 1. The smallest absolute Gasteiger partial charge is 0.264 e. The van der Waals surface area contributed by atoms with Crippen LogP contribution in [0.25, 0.3) is 9.53 Å². The zero-order valence-corrected chi connectivity index (χ0v) is 18.1. The van der Waals surface area contributed by atoms with E-state index in [1.807, 2.05) is 48.3 Å². The molecule has 0 spiro atoms. The summed E-state index contributed by atoms with van der Waals surface area (Å²) >= 11 is 3.08. The number of likely N-dealkylation sites (tertiary alicyclic amines) is 1. The van der Waals surface area contributed by atoms with Crippen LogP contribution in [0.3, 0.4) is 0 Å². The summed E-state index contributed by atoms with van der Waals surface area (Å²) in [5.41, 5.74) is 1.02. The highest BCUT2D eigenvalue weighted by Crippen LogP contribution is 2.35. The summed E-state index contributed by atoms with van der Waals surface area (Å²) in [6, 6.07) is 12.3. The topological polar surface area (TPSA) is 57.3 Å². The number of aromatic nitrogens is 1. The van der Waals surface area contributed by atoms with Gasteiger partial charge in [-0.15, -0.1) is 36.2 Å². The van der Waals surface area contributed by atoms with E-state index >= 15 is 0 Å². The second-order valence-electron chi connectivity index (χ2n) is 6.14. The number of anilines is 2. The number of benzene rings is 1. The molecule has 3 heterocycles. The molecule has 0 aliphatic carbocycles. The highest BCUT2D eigenvalue weighted by molar-refractivity contribution is 7.29. The number of hydrogen-bond donors (Lipinski definition) is 2. The van der Waals surface area contributed by atoms with E-state index in [2.05, 4.69) is 15.6 Å². The molecule has 1 fully saturated rings. The molecule has 1 atom stereocenters. The Bertz CT molecular complexity index is 853. The van der Waals surface area contributed by atoms with Gasteiger partial charge in [0.1, 0.15) is 4.83 Å². The number of rotatable bonds is 5. The van der Waals surface area contributed by atoms with Crippen molar-refractivity contribution in [3.8, 4) is 0 Å². The fourth-order valence-electron chi connectivity index (χ4n) is 3.23. The zero-order valence-electron chi connectivity index (χ0n) is 14.8. The summed E-state index contributed by atoms with van der Waals surface area (Å²) in [5.74, 6) is 0.144. The summed E-state index contributed by atoms with van der Waals surface area (Å²) < 4.78 is 1.07. The molecular weight excluding hydrogens is 423 g/mol. The van der Waals surface area contributed by atoms with Crippen molar-refractivity contribution in [2.24, 2.45) is 0 Å². The maximum absolute atomic E-state index is 12.8. The Hall–Kier alpha value is -1.38. The van der Waals surface area contributed by atoms with Gasteiger partial charge in [-0.25, -0.2) is 4.98 Å². The number of likely N-dealkylation sites (N-methyl/N-ethyl adjacent to an activating group) is 1. The summed E-state index contributed by atoms with van der Waals surface area (Å²) in [6.07, 6.45) is 2.16. The molecule has 146 valence electrons. The molecule has 3 aromatic rings. The largest absolute Gasteiger partial charge is 0.334 e. The fourth-order valence-corrected chi connectivity index (χ4v) is 5.32. The molecule has 0 saturated carbocycles. The van der Waals surface area contributed by atoms with Gasteiger partial charge in [-0.2, -0.15) is 0 Å². The number of halogens is 2. The van der Waals surface area contributed by atoms with E-state index < -0.39 is 0 Å². The molecular formula is C18H22Cl2N4OS2.